The van der Waals surface area contributed by atoms with Crippen molar-refractivity contribution in [3.8, 4) is 0 Å². The molecule has 1 saturated heterocycles. The second kappa shape index (κ2) is 3.72. The van der Waals surface area contributed by atoms with Gasteiger partial charge in [0, 0.05) is 6.54 Å². The molecule has 5 nitrogen and oxygen atoms in total. The SMILES string of the molecule is O=c1[nH]c2cc(C3(O)CCCNC3)ccc2o1. The Morgan fingerprint density at radius 2 is 2.29 bits per heavy atom. The van der Waals surface area contributed by atoms with E-state index >= 15 is 0 Å². The maximum Gasteiger partial charge on any atom is 0.417 e. The van der Waals surface area contributed by atoms with E-state index in [-0.39, 0.29) is 0 Å². The van der Waals surface area contributed by atoms with Crippen molar-refractivity contribution in [2.75, 3.05) is 13.1 Å². The van der Waals surface area contributed by atoms with Crippen LogP contribution in [0.5, 0.6) is 0 Å². The standard InChI is InChI=1S/C12H14N2O3/c15-11-14-9-6-8(2-3-10(9)17-11)12(16)4-1-5-13-7-12/h2-3,6,13,16H,1,4-5,7H2,(H,14,15). The van der Waals surface area contributed by atoms with Gasteiger partial charge in [0.2, 0.25) is 0 Å². The predicted molar refractivity (Wildman–Crippen MR) is 62.8 cm³/mol. The summed E-state index contributed by atoms with van der Waals surface area (Å²) in [6, 6.07) is 5.31. The van der Waals surface area contributed by atoms with Crippen molar-refractivity contribution in [3.63, 3.8) is 0 Å². The van der Waals surface area contributed by atoms with Crippen LogP contribution in [-0.2, 0) is 5.60 Å². The highest BCUT2D eigenvalue weighted by Crippen LogP contribution is 2.29. The topological polar surface area (TPSA) is 78.3 Å². The maximum atomic E-state index is 11.1. The number of fused-ring (bicyclic) bond motifs is 1. The van der Waals surface area contributed by atoms with E-state index in [0.29, 0.717) is 17.6 Å². The Labute approximate surface area is 97.5 Å². The van der Waals surface area contributed by atoms with Gasteiger partial charge in [0.15, 0.2) is 5.58 Å². The smallest absolute Gasteiger partial charge is 0.408 e. The Kier molecular flexibility index (Phi) is 2.31. The lowest BCUT2D eigenvalue weighted by Crippen LogP contribution is -2.43. The number of benzene rings is 1. The molecule has 1 fully saturated rings. The lowest BCUT2D eigenvalue weighted by atomic mass is 9.86. The van der Waals surface area contributed by atoms with Crippen LogP contribution in [-0.4, -0.2) is 23.2 Å². The quantitative estimate of drug-likeness (QED) is 0.678. The van der Waals surface area contributed by atoms with Gasteiger partial charge in [-0.2, -0.15) is 0 Å². The third-order valence-corrected chi connectivity index (χ3v) is 3.32. The molecule has 1 unspecified atom stereocenters. The molecule has 0 aliphatic carbocycles. The first-order chi connectivity index (χ1) is 8.17. The summed E-state index contributed by atoms with van der Waals surface area (Å²) in [6.45, 7) is 1.48. The van der Waals surface area contributed by atoms with Gasteiger partial charge in [0.25, 0.3) is 0 Å². The zero-order valence-electron chi connectivity index (χ0n) is 9.32. The highest BCUT2D eigenvalue weighted by molar-refractivity contribution is 5.73. The number of rotatable bonds is 1. The molecule has 1 aliphatic heterocycles. The van der Waals surface area contributed by atoms with E-state index in [1.807, 2.05) is 6.07 Å². The fourth-order valence-electron chi connectivity index (χ4n) is 2.38. The van der Waals surface area contributed by atoms with Gasteiger partial charge in [0.1, 0.15) is 5.60 Å². The summed E-state index contributed by atoms with van der Waals surface area (Å²) in [5.41, 5.74) is 1.12. The number of nitrogens with one attached hydrogen (secondary N) is 2. The van der Waals surface area contributed by atoms with Crippen molar-refractivity contribution in [2.24, 2.45) is 0 Å². The van der Waals surface area contributed by atoms with Crippen molar-refractivity contribution >= 4 is 11.1 Å². The number of oxazole rings is 1. The minimum Gasteiger partial charge on any atom is -0.408 e. The minimum atomic E-state index is -0.847. The molecule has 1 atom stereocenters. The second-order valence-corrected chi connectivity index (χ2v) is 4.54. The van der Waals surface area contributed by atoms with E-state index in [1.54, 1.807) is 12.1 Å². The van der Waals surface area contributed by atoms with Gasteiger partial charge in [0.05, 0.1) is 5.52 Å². The molecule has 1 aliphatic rings. The number of aromatic nitrogens is 1. The Morgan fingerprint density at radius 1 is 1.41 bits per heavy atom. The third-order valence-electron chi connectivity index (χ3n) is 3.32. The first-order valence-corrected chi connectivity index (χ1v) is 5.74. The molecular weight excluding hydrogens is 220 g/mol. The maximum absolute atomic E-state index is 11.1. The summed E-state index contributed by atoms with van der Waals surface area (Å²) in [4.78, 5) is 13.7. The zero-order chi connectivity index (χ0) is 11.9. The van der Waals surface area contributed by atoms with Crippen LogP contribution in [0.25, 0.3) is 11.1 Å². The summed E-state index contributed by atoms with van der Waals surface area (Å²) < 4.78 is 4.93. The molecule has 0 radical (unpaired) electrons. The van der Waals surface area contributed by atoms with Crippen LogP contribution >= 0.6 is 0 Å². The summed E-state index contributed by atoms with van der Waals surface area (Å²) in [7, 11) is 0. The molecule has 17 heavy (non-hydrogen) atoms. The summed E-state index contributed by atoms with van der Waals surface area (Å²) in [6.07, 6.45) is 1.67. The lowest BCUT2D eigenvalue weighted by Gasteiger charge is -2.33. The van der Waals surface area contributed by atoms with Crippen LogP contribution in [0.3, 0.4) is 0 Å². The fourth-order valence-corrected chi connectivity index (χ4v) is 2.38. The van der Waals surface area contributed by atoms with Gasteiger partial charge in [-0.25, -0.2) is 4.79 Å². The molecule has 0 spiro atoms. The van der Waals surface area contributed by atoms with Gasteiger partial charge in [-0.15, -0.1) is 0 Å². The Balaban J connectivity index is 2.07. The van der Waals surface area contributed by atoms with Crippen LogP contribution in [0, 0.1) is 0 Å². The summed E-state index contributed by atoms with van der Waals surface area (Å²) in [5, 5.41) is 13.7. The first-order valence-electron chi connectivity index (χ1n) is 5.74. The Morgan fingerprint density at radius 3 is 3.06 bits per heavy atom. The van der Waals surface area contributed by atoms with E-state index in [4.69, 9.17) is 4.42 Å². The highest BCUT2D eigenvalue weighted by atomic mass is 16.4. The Bertz CT molecular complexity index is 593. The number of β-amino-alcohol motifs (C(OH)–C–C–N with tert-alkyl or cyclic N) is 1. The van der Waals surface area contributed by atoms with E-state index in [1.165, 1.54) is 0 Å². The van der Waals surface area contributed by atoms with Crippen molar-refractivity contribution in [2.45, 2.75) is 18.4 Å². The molecule has 1 aromatic carbocycles. The van der Waals surface area contributed by atoms with Crippen LogP contribution in [0.4, 0.5) is 0 Å². The van der Waals surface area contributed by atoms with Gasteiger partial charge >= 0.3 is 5.76 Å². The van der Waals surface area contributed by atoms with Crippen molar-refractivity contribution < 1.29 is 9.52 Å². The van der Waals surface area contributed by atoms with Crippen LogP contribution < -0.4 is 11.1 Å². The van der Waals surface area contributed by atoms with Gasteiger partial charge in [-0.05, 0) is 37.1 Å². The number of H-pyrrole nitrogens is 1. The van der Waals surface area contributed by atoms with Gasteiger partial charge < -0.3 is 14.8 Å². The third kappa shape index (κ3) is 1.77. The summed E-state index contributed by atoms with van der Waals surface area (Å²) >= 11 is 0. The van der Waals surface area contributed by atoms with Crippen LogP contribution in [0.2, 0.25) is 0 Å². The van der Waals surface area contributed by atoms with Crippen LogP contribution in [0.15, 0.2) is 27.4 Å². The molecule has 90 valence electrons. The monoisotopic (exact) mass is 234 g/mol. The zero-order valence-corrected chi connectivity index (χ0v) is 9.32. The van der Waals surface area contributed by atoms with Crippen molar-refractivity contribution in [1.29, 1.82) is 0 Å². The molecule has 0 saturated carbocycles. The number of piperidine rings is 1. The van der Waals surface area contributed by atoms with Gasteiger partial charge in [-0.3, -0.25) is 4.98 Å². The first kappa shape index (κ1) is 10.6. The summed E-state index contributed by atoms with van der Waals surface area (Å²) in [5.74, 6) is -0.467. The fraction of sp³-hybridized carbons (Fsp3) is 0.417. The largest absolute Gasteiger partial charge is 0.417 e. The average Bonchev–Trinajstić information content (AvgIpc) is 2.69. The van der Waals surface area contributed by atoms with E-state index in [9.17, 15) is 9.90 Å². The van der Waals surface area contributed by atoms with E-state index in [2.05, 4.69) is 10.3 Å². The molecule has 3 rings (SSSR count). The molecule has 5 heteroatoms. The van der Waals surface area contributed by atoms with Crippen LogP contribution in [0.1, 0.15) is 18.4 Å². The average molecular weight is 234 g/mol. The van der Waals surface area contributed by atoms with E-state index in [0.717, 1.165) is 24.9 Å². The molecule has 2 heterocycles. The number of aliphatic hydroxyl groups is 1. The molecule has 1 aromatic heterocycles. The minimum absolute atomic E-state index is 0.467. The molecule has 2 aromatic rings. The molecule has 3 N–H and O–H groups in total. The normalized spacial score (nSPS) is 25.2. The predicted octanol–water partition coefficient (Wildman–Crippen LogP) is 0.692. The Hall–Kier alpha value is -1.59. The van der Waals surface area contributed by atoms with Gasteiger partial charge in [-0.1, -0.05) is 6.07 Å². The molecule has 0 amide bonds. The second-order valence-electron chi connectivity index (χ2n) is 4.54. The highest BCUT2D eigenvalue weighted by Gasteiger charge is 2.31. The number of aromatic amines is 1. The van der Waals surface area contributed by atoms with Crippen molar-refractivity contribution in [3.05, 3.63) is 34.3 Å². The molecular formula is C12H14N2O3. The van der Waals surface area contributed by atoms with Crippen molar-refractivity contribution in [1.82, 2.24) is 10.3 Å². The molecule has 0 bridgehead atoms. The number of hydrogen-bond acceptors (Lipinski definition) is 4. The van der Waals surface area contributed by atoms with E-state index < -0.39 is 11.4 Å². The lowest BCUT2D eigenvalue weighted by molar-refractivity contribution is 0.0124. The number of hydrogen-bond donors (Lipinski definition) is 3.